The monoisotopic (exact) mass is 307 g/mol. The Bertz CT molecular complexity index is 454. The Morgan fingerprint density at radius 2 is 2.10 bits per heavy atom. The molecule has 0 aromatic carbocycles. The van der Waals surface area contributed by atoms with Crippen LogP contribution in [0.1, 0.15) is 30.6 Å². The van der Waals surface area contributed by atoms with Crippen LogP contribution in [0.15, 0.2) is 17.5 Å². The van der Waals surface area contributed by atoms with Gasteiger partial charge in [0, 0.05) is 50.1 Å². The summed E-state index contributed by atoms with van der Waals surface area (Å²) in [6.07, 6.45) is 4.07. The maximum atomic E-state index is 12.4. The summed E-state index contributed by atoms with van der Waals surface area (Å²) in [6, 6.07) is 4.53. The van der Waals surface area contributed by atoms with Gasteiger partial charge in [-0.05, 0) is 30.2 Å². The predicted octanol–water partition coefficient (Wildman–Crippen LogP) is 1.91. The van der Waals surface area contributed by atoms with Crippen LogP contribution in [0.4, 0.5) is 0 Å². The minimum atomic E-state index is 0.245. The number of thiophene rings is 1. The lowest BCUT2D eigenvalue weighted by atomic mass is 9.99. The Balaban J connectivity index is 1.43. The molecule has 1 aliphatic carbocycles. The third-order valence-corrected chi connectivity index (χ3v) is 5.70. The number of carbonyl (C=O) groups excluding carboxylic acids is 1. The Morgan fingerprint density at radius 3 is 2.71 bits per heavy atom. The second-order valence-corrected chi connectivity index (χ2v) is 7.33. The van der Waals surface area contributed by atoms with Crippen molar-refractivity contribution >= 4 is 17.2 Å². The van der Waals surface area contributed by atoms with Crippen molar-refractivity contribution in [2.24, 2.45) is 11.7 Å². The highest BCUT2D eigenvalue weighted by atomic mass is 32.1. The first-order chi connectivity index (χ1) is 10.2. The zero-order chi connectivity index (χ0) is 14.7. The number of nitrogens with zero attached hydrogens (tertiary/aromatic N) is 2. The van der Waals surface area contributed by atoms with E-state index in [4.69, 9.17) is 5.73 Å². The number of nitrogens with two attached hydrogens (primary N) is 1. The molecule has 116 valence electrons. The van der Waals surface area contributed by atoms with Crippen molar-refractivity contribution in [2.75, 3.05) is 26.2 Å². The van der Waals surface area contributed by atoms with E-state index in [9.17, 15) is 4.79 Å². The largest absolute Gasteiger partial charge is 0.340 e. The van der Waals surface area contributed by atoms with Gasteiger partial charge in [-0.3, -0.25) is 9.69 Å². The van der Waals surface area contributed by atoms with Crippen LogP contribution < -0.4 is 5.73 Å². The Hall–Kier alpha value is -0.910. The second-order valence-electron chi connectivity index (χ2n) is 6.30. The van der Waals surface area contributed by atoms with Gasteiger partial charge in [0.15, 0.2) is 0 Å². The predicted molar refractivity (Wildman–Crippen MR) is 86.1 cm³/mol. The van der Waals surface area contributed by atoms with Gasteiger partial charge in [0.2, 0.25) is 5.91 Å². The molecule has 0 bridgehead atoms. The fourth-order valence-electron chi connectivity index (χ4n) is 3.45. The maximum Gasteiger partial charge on any atom is 0.222 e. The highest BCUT2D eigenvalue weighted by molar-refractivity contribution is 7.09. The molecule has 1 aromatic rings. The van der Waals surface area contributed by atoms with Crippen LogP contribution in [0.2, 0.25) is 0 Å². The van der Waals surface area contributed by atoms with Gasteiger partial charge in [0.05, 0.1) is 0 Å². The Labute approximate surface area is 130 Å². The van der Waals surface area contributed by atoms with E-state index in [1.54, 1.807) is 0 Å². The zero-order valence-electron chi connectivity index (χ0n) is 12.5. The highest BCUT2D eigenvalue weighted by Gasteiger charge is 2.29. The summed E-state index contributed by atoms with van der Waals surface area (Å²) in [5, 5.41) is 2.12. The molecule has 3 rings (SSSR count). The second kappa shape index (κ2) is 6.90. The summed E-state index contributed by atoms with van der Waals surface area (Å²) in [5.41, 5.74) is 6.08. The van der Waals surface area contributed by atoms with E-state index in [1.807, 2.05) is 16.2 Å². The molecule has 0 radical (unpaired) electrons. The van der Waals surface area contributed by atoms with Gasteiger partial charge < -0.3 is 10.6 Å². The van der Waals surface area contributed by atoms with Crippen LogP contribution in [-0.2, 0) is 11.3 Å². The molecule has 1 amide bonds. The van der Waals surface area contributed by atoms with Crippen molar-refractivity contribution in [3.05, 3.63) is 22.4 Å². The molecule has 2 aliphatic rings. The number of hydrogen-bond acceptors (Lipinski definition) is 4. The van der Waals surface area contributed by atoms with Gasteiger partial charge in [0.25, 0.3) is 0 Å². The van der Waals surface area contributed by atoms with Gasteiger partial charge in [-0.2, -0.15) is 0 Å². The first kappa shape index (κ1) is 15.0. The molecule has 0 spiro atoms. The fourth-order valence-corrected chi connectivity index (χ4v) is 4.20. The van der Waals surface area contributed by atoms with Crippen LogP contribution in [0.25, 0.3) is 0 Å². The molecule has 2 atom stereocenters. The third-order valence-electron chi connectivity index (χ3n) is 4.84. The maximum absolute atomic E-state index is 12.4. The molecule has 0 unspecified atom stereocenters. The average molecular weight is 307 g/mol. The smallest absolute Gasteiger partial charge is 0.222 e. The minimum absolute atomic E-state index is 0.245. The SMILES string of the molecule is N[C@@H]1CCC[C@H]1CC(=O)N1CCN(Cc2cccs2)CC1. The lowest BCUT2D eigenvalue weighted by Gasteiger charge is -2.35. The van der Waals surface area contributed by atoms with E-state index in [-0.39, 0.29) is 6.04 Å². The van der Waals surface area contributed by atoms with Gasteiger partial charge >= 0.3 is 0 Å². The number of carbonyl (C=O) groups is 1. The lowest BCUT2D eigenvalue weighted by Crippen LogP contribution is -2.48. The summed E-state index contributed by atoms with van der Waals surface area (Å²) in [7, 11) is 0. The van der Waals surface area contributed by atoms with Gasteiger partial charge in [0.1, 0.15) is 0 Å². The normalized spacial score (nSPS) is 27.2. The molecule has 21 heavy (non-hydrogen) atoms. The van der Waals surface area contributed by atoms with Crippen LogP contribution >= 0.6 is 11.3 Å². The summed E-state index contributed by atoms with van der Waals surface area (Å²) in [6.45, 7) is 4.73. The number of piperazine rings is 1. The summed E-state index contributed by atoms with van der Waals surface area (Å²) in [4.78, 5) is 18.3. The van der Waals surface area contributed by atoms with E-state index >= 15 is 0 Å². The number of rotatable bonds is 4. The molecule has 2 heterocycles. The molecule has 1 aromatic heterocycles. The van der Waals surface area contributed by atoms with Crippen molar-refractivity contribution in [2.45, 2.75) is 38.3 Å². The van der Waals surface area contributed by atoms with Crippen LogP contribution in [0, 0.1) is 5.92 Å². The Kier molecular flexibility index (Phi) is 4.93. The standard InChI is InChI=1S/C16H25N3OS/c17-15-5-1-3-13(15)11-16(20)19-8-6-18(7-9-19)12-14-4-2-10-21-14/h2,4,10,13,15H,1,3,5-9,11-12,17H2/t13-,15+/m0/s1. The van der Waals surface area contributed by atoms with Gasteiger partial charge in [-0.1, -0.05) is 12.5 Å². The third kappa shape index (κ3) is 3.84. The van der Waals surface area contributed by atoms with E-state index in [0.717, 1.165) is 45.6 Å². The van der Waals surface area contributed by atoms with Gasteiger partial charge in [-0.25, -0.2) is 0 Å². The highest BCUT2D eigenvalue weighted by Crippen LogP contribution is 2.27. The molecule has 4 nitrogen and oxygen atoms in total. The molecule has 1 saturated heterocycles. The first-order valence-electron chi connectivity index (χ1n) is 8.00. The molecule has 1 aliphatic heterocycles. The zero-order valence-corrected chi connectivity index (χ0v) is 13.4. The van der Waals surface area contributed by atoms with E-state index in [1.165, 1.54) is 11.3 Å². The molecule has 5 heteroatoms. The molecule has 2 fully saturated rings. The summed E-state index contributed by atoms with van der Waals surface area (Å²) >= 11 is 1.81. The summed E-state index contributed by atoms with van der Waals surface area (Å²) < 4.78 is 0. The van der Waals surface area contributed by atoms with Crippen LogP contribution in [-0.4, -0.2) is 47.9 Å². The van der Waals surface area contributed by atoms with E-state index in [0.29, 0.717) is 18.2 Å². The lowest BCUT2D eigenvalue weighted by molar-refractivity contribution is -0.134. The van der Waals surface area contributed by atoms with Crippen molar-refractivity contribution < 1.29 is 4.79 Å². The first-order valence-corrected chi connectivity index (χ1v) is 8.88. The minimum Gasteiger partial charge on any atom is -0.340 e. The van der Waals surface area contributed by atoms with Crippen LogP contribution in [0.3, 0.4) is 0 Å². The number of hydrogen-bond donors (Lipinski definition) is 1. The average Bonchev–Trinajstić information content (AvgIpc) is 3.12. The van der Waals surface area contributed by atoms with Gasteiger partial charge in [-0.15, -0.1) is 11.3 Å². The molecule has 1 saturated carbocycles. The summed E-state index contributed by atoms with van der Waals surface area (Å²) in [5.74, 6) is 0.731. The van der Waals surface area contributed by atoms with E-state index < -0.39 is 0 Å². The van der Waals surface area contributed by atoms with Crippen molar-refractivity contribution in [3.8, 4) is 0 Å². The molecular formula is C16H25N3OS. The fraction of sp³-hybridized carbons (Fsp3) is 0.688. The van der Waals surface area contributed by atoms with Crippen molar-refractivity contribution in [1.82, 2.24) is 9.80 Å². The van der Waals surface area contributed by atoms with E-state index in [2.05, 4.69) is 22.4 Å². The topological polar surface area (TPSA) is 49.6 Å². The molecule has 2 N–H and O–H groups in total. The Morgan fingerprint density at radius 1 is 1.29 bits per heavy atom. The molecular weight excluding hydrogens is 282 g/mol. The van der Waals surface area contributed by atoms with Crippen molar-refractivity contribution in [1.29, 1.82) is 0 Å². The van der Waals surface area contributed by atoms with Crippen LogP contribution in [0.5, 0.6) is 0 Å². The number of amides is 1. The quantitative estimate of drug-likeness (QED) is 0.924. The van der Waals surface area contributed by atoms with Crippen molar-refractivity contribution in [3.63, 3.8) is 0 Å².